The van der Waals surface area contributed by atoms with E-state index in [4.69, 9.17) is 4.74 Å². The van der Waals surface area contributed by atoms with Crippen molar-refractivity contribution in [3.8, 4) is 0 Å². The number of hydrogen-bond donors (Lipinski definition) is 2. The number of esters is 1. The summed E-state index contributed by atoms with van der Waals surface area (Å²) in [5.41, 5.74) is 2.60. The number of amides is 1. The molecule has 1 aromatic heterocycles. The van der Waals surface area contributed by atoms with Crippen LogP contribution in [0.2, 0.25) is 0 Å². The molecule has 2 N–H and O–H groups in total. The van der Waals surface area contributed by atoms with E-state index in [1.54, 1.807) is 18.2 Å². The Labute approximate surface area is 132 Å². The van der Waals surface area contributed by atoms with E-state index < -0.39 is 11.9 Å². The lowest BCUT2D eigenvalue weighted by Crippen LogP contribution is -2.21. The van der Waals surface area contributed by atoms with E-state index in [1.165, 1.54) is 0 Å². The van der Waals surface area contributed by atoms with Gasteiger partial charge in [-0.1, -0.05) is 30.3 Å². The van der Waals surface area contributed by atoms with Gasteiger partial charge in [0, 0.05) is 11.1 Å². The molecule has 0 aliphatic rings. The molecule has 0 saturated carbocycles. The van der Waals surface area contributed by atoms with Crippen LogP contribution in [0.3, 0.4) is 0 Å². The number of rotatable bonds is 4. The minimum atomic E-state index is -0.637. The van der Waals surface area contributed by atoms with E-state index in [0.717, 1.165) is 11.1 Å². The summed E-state index contributed by atoms with van der Waals surface area (Å²) in [6.07, 6.45) is 0. The number of nitrogens with one attached hydrogen (secondary N) is 2. The zero-order valence-corrected chi connectivity index (χ0v) is 12.5. The van der Waals surface area contributed by atoms with E-state index in [1.807, 2.05) is 37.3 Å². The first-order chi connectivity index (χ1) is 11.1. The summed E-state index contributed by atoms with van der Waals surface area (Å²) in [6.45, 7) is 1.56. The number of carbonyl (C=O) groups excluding carboxylic acids is 2. The highest BCUT2D eigenvalue weighted by Gasteiger charge is 2.16. The molecule has 0 fully saturated rings. The second-order valence-corrected chi connectivity index (χ2v) is 5.11. The predicted molar refractivity (Wildman–Crippen MR) is 86.2 cm³/mol. The number of ether oxygens (including phenoxy) is 1. The van der Waals surface area contributed by atoms with Gasteiger partial charge in [-0.25, -0.2) is 4.79 Å². The first-order valence-electron chi connectivity index (χ1n) is 7.10. The van der Waals surface area contributed by atoms with Crippen LogP contribution in [0.5, 0.6) is 0 Å². The molecule has 3 rings (SSSR count). The van der Waals surface area contributed by atoms with Crippen molar-refractivity contribution < 1.29 is 14.3 Å². The fourth-order valence-corrected chi connectivity index (χ4v) is 2.24. The number of para-hydroxylation sites is 1. The average Bonchev–Trinajstić information content (AvgIpc) is 2.97. The monoisotopic (exact) mass is 309 g/mol. The highest BCUT2D eigenvalue weighted by molar-refractivity contribution is 6.03. The summed E-state index contributed by atoms with van der Waals surface area (Å²) in [6, 6.07) is 14.6. The van der Waals surface area contributed by atoms with Crippen LogP contribution in [-0.4, -0.2) is 28.7 Å². The maximum atomic E-state index is 12.0. The Morgan fingerprint density at radius 1 is 1.17 bits per heavy atom. The van der Waals surface area contributed by atoms with Crippen molar-refractivity contribution >= 4 is 28.5 Å². The summed E-state index contributed by atoms with van der Waals surface area (Å²) in [5.74, 6) is -1.04. The molecular weight excluding hydrogens is 294 g/mol. The molecule has 2 aromatic carbocycles. The van der Waals surface area contributed by atoms with Crippen LogP contribution < -0.4 is 5.32 Å². The molecule has 3 aromatic rings. The van der Waals surface area contributed by atoms with E-state index in [9.17, 15) is 9.59 Å². The first kappa shape index (κ1) is 14.8. The fourth-order valence-electron chi connectivity index (χ4n) is 2.24. The topological polar surface area (TPSA) is 84.1 Å². The Morgan fingerprint density at radius 3 is 2.83 bits per heavy atom. The van der Waals surface area contributed by atoms with Gasteiger partial charge in [0.25, 0.3) is 5.91 Å². The molecule has 0 radical (unpaired) electrons. The highest BCUT2D eigenvalue weighted by atomic mass is 16.5. The van der Waals surface area contributed by atoms with Crippen LogP contribution in [0.15, 0.2) is 48.5 Å². The predicted octanol–water partition coefficient (Wildman–Crippen LogP) is 2.67. The van der Waals surface area contributed by atoms with Gasteiger partial charge in [-0.05, 0) is 30.7 Å². The number of aryl methyl sites for hydroxylation is 1. The molecule has 6 heteroatoms. The molecule has 0 spiro atoms. The molecule has 23 heavy (non-hydrogen) atoms. The van der Waals surface area contributed by atoms with E-state index in [0.29, 0.717) is 11.1 Å². The van der Waals surface area contributed by atoms with Crippen molar-refractivity contribution in [1.29, 1.82) is 0 Å². The number of anilines is 1. The largest absolute Gasteiger partial charge is 0.451 e. The Morgan fingerprint density at radius 2 is 2.00 bits per heavy atom. The van der Waals surface area contributed by atoms with Gasteiger partial charge in [-0.15, -0.1) is 0 Å². The van der Waals surface area contributed by atoms with E-state index in [-0.39, 0.29) is 12.3 Å². The van der Waals surface area contributed by atoms with Gasteiger partial charge < -0.3 is 10.1 Å². The number of carbonyl (C=O) groups is 2. The molecule has 0 aliphatic heterocycles. The van der Waals surface area contributed by atoms with Crippen LogP contribution in [0.25, 0.3) is 10.9 Å². The Kier molecular flexibility index (Phi) is 4.05. The average molecular weight is 309 g/mol. The number of fused-ring (bicyclic) bond motifs is 1. The van der Waals surface area contributed by atoms with Crippen LogP contribution in [0.4, 0.5) is 5.69 Å². The van der Waals surface area contributed by atoms with Crippen molar-refractivity contribution in [3.05, 3.63) is 59.8 Å². The van der Waals surface area contributed by atoms with Crippen LogP contribution in [-0.2, 0) is 9.53 Å². The van der Waals surface area contributed by atoms with Crippen LogP contribution >= 0.6 is 0 Å². The molecule has 0 unspecified atom stereocenters. The zero-order valence-electron chi connectivity index (χ0n) is 12.5. The molecule has 0 saturated heterocycles. The summed E-state index contributed by atoms with van der Waals surface area (Å²) in [5, 5.41) is 10.0. The van der Waals surface area contributed by atoms with Crippen molar-refractivity contribution in [1.82, 2.24) is 10.2 Å². The molecule has 0 atom stereocenters. The van der Waals surface area contributed by atoms with Gasteiger partial charge in [0.1, 0.15) is 0 Å². The number of H-pyrrole nitrogens is 1. The normalized spacial score (nSPS) is 10.5. The molecule has 116 valence electrons. The zero-order chi connectivity index (χ0) is 16.2. The summed E-state index contributed by atoms with van der Waals surface area (Å²) in [4.78, 5) is 23.9. The van der Waals surface area contributed by atoms with Gasteiger partial charge in [-0.3, -0.25) is 9.89 Å². The number of aromatic amines is 1. The quantitative estimate of drug-likeness (QED) is 0.726. The number of hydrogen-bond acceptors (Lipinski definition) is 4. The fraction of sp³-hybridized carbons (Fsp3) is 0.118. The summed E-state index contributed by atoms with van der Waals surface area (Å²) in [7, 11) is 0. The van der Waals surface area contributed by atoms with Gasteiger partial charge in [0.05, 0.1) is 5.52 Å². The van der Waals surface area contributed by atoms with Crippen molar-refractivity contribution in [2.24, 2.45) is 0 Å². The molecule has 1 amide bonds. The van der Waals surface area contributed by atoms with Crippen LogP contribution in [0.1, 0.15) is 16.1 Å². The SMILES string of the molecule is Cc1cccc(NC(=O)COC(=O)c2n[nH]c3ccccc23)c1. The van der Waals surface area contributed by atoms with Crippen molar-refractivity contribution in [2.75, 3.05) is 11.9 Å². The number of nitrogens with zero attached hydrogens (tertiary/aromatic N) is 1. The molecular formula is C17H15N3O3. The third-order valence-corrected chi connectivity index (χ3v) is 3.30. The third-order valence-electron chi connectivity index (χ3n) is 3.30. The van der Waals surface area contributed by atoms with Gasteiger partial charge >= 0.3 is 5.97 Å². The van der Waals surface area contributed by atoms with E-state index >= 15 is 0 Å². The minimum absolute atomic E-state index is 0.170. The lowest BCUT2D eigenvalue weighted by atomic mass is 10.2. The number of benzene rings is 2. The van der Waals surface area contributed by atoms with Crippen LogP contribution in [0, 0.1) is 6.92 Å². The maximum Gasteiger partial charge on any atom is 0.359 e. The van der Waals surface area contributed by atoms with Gasteiger partial charge in [0.15, 0.2) is 12.3 Å². The third kappa shape index (κ3) is 3.37. The standard InChI is InChI=1S/C17H15N3O3/c1-11-5-4-6-12(9-11)18-15(21)10-23-17(22)16-13-7-2-3-8-14(13)19-20-16/h2-9H,10H2,1H3,(H,18,21)(H,19,20). The maximum absolute atomic E-state index is 12.0. The highest BCUT2D eigenvalue weighted by Crippen LogP contribution is 2.16. The lowest BCUT2D eigenvalue weighted by Gasteiger charge is -2.06. The number of aromatic nitrogens is 2. The van der Waals surface area contributed by atoms with E-state index in [2.05, 4.69) is 15.5 Å². The van der Waals surface area contributed by atoms with Crippen molar-refractivity contribution in [2.45, 2.75) is 6.92 Å². The summed E-state index contributed by atoms with van der Waals surface area (Å²) >= 11 is 0. The smallest absolute Gasteiger partial charge is 0.359 e. The molecule has 6 nitrogen and oxygen atoms in total. The second kappa shape index (κ2) is 6.31. The van der Waals surface area contributed by atoms with Gasteiger partial charge in [0.2, 0.25) is 0 Å². The molecule has 0 aliphatic carbocycles. The lowest BCUT2D eigenvalue weighted by molar-refractivity contribution is -0.119. The Hall–Kier alpha value is -3.15. The first-order valence-corrected chi connectivity index (χ1v) is 7.10. The minimum Gasteiger partial charge on any atom is -0.451 e. The molecule has 0 bridgehead atoms. The molecule has 1 heterocycles. The van der Waals surface area contributed by atoms with Gasteiger partial charge in [-0.2, -0.15) is 5.10 Å². The Bertz CT molecular complexity index is 870. The van der Waals surface area contributed by atoms with Crippen molar-refractivity contribution in [3.63, 3.8) is 0 Å². The Balaban J connectivity index is 1.61. The second-order valence-electron chi connectivity index (χ2n) is 5.11. The summed E-state index contributed by atoms with van der Waals surface area (Å²) < 4.78 is 5.03.